The molecule has 3 nitrogen and oxygen atoms in total. The van der Waals surface area contributed by atoms with Crippen molar-refractivity contribution in [3.8, 4) is 12.3 Å². The number of rotatable bonds is 8. The molecule has 3 rings (SSSR count). The third kappa shape index (κ3) is 5.51. The highest BCUT2D eigenvalue weighted by molar-refractivity contribution is 6.32. The zero-order valence-corrected chi connectivity index (χ0v) is 18.3. The van der Waals surface area contributed by atoms with Crippen LogP contribution in [0.1, 0.15) is 64.0 Å². The second kappa shape index (κ2) is 10.4. The second-order valence-corrected chi connectivity index (χ2v) is 8.79. The second-order valence-electron chi connectivity index (χ2n) is 8.38. The molecule has 1 aromatic rings. The van der Waals surface area contributed by atoms with Gasteiger partial charge in [0.25, 0.3) is 0 Å². The molecular weight excluding hydrogens is 380 g/mol. The number of nitrogens with one attached hydrogen (secondary N) is 1. The lowest BCUT2D eigenvalue weighted by Gasteiger charge is -2.46. The molecule has 1 aliphatic carbocycles. The minimum atomic E-state index is 0.0709. The van der Waals surface area contributed by atoms with Crippen LogP contribution in [-0.2, 0) is 10.2 Å². The number of allylic oxidation sites excluding steroid dienone is 3. The highest BCUT2D eigenvalue weighted by Crippen LogP contribution is 2.49. The average Bonchev–Trinajstić information content (AvgIpc) is 3.18. The normalized spacial score (nSPS) is 24.6. The fraction of sp³-hybridized carbons (Fsp3) is 0.560. The van der Waals surface area contributed by atoms with Crippen molar-refractivity contribution in [2.24, 2.45) is 0 Å². The van der Waals surface area contributed by atoms with E-state index in [1.54, 1.807) is 6.08 Å². The van der Waals surface area contributed by atoms with E-state index in [1.807, 2.05) is 25.3 Å². The van der Waals surface area contributed by atoms with E-state index in [-0.39, 0.29) is 11.0 Å². The van der Waals surface area contributed by atoms with E-state index >= 15 is 0 Å². The average molecular weight is 413 g/mol. The van der Waals surface area contributed by atoms with Gasteiger partial charge in [-0.15, -0.1) is 6.42 Å². The van der Waals surface area contributed by atoms with Crippen LogP contribution in [0, 0.1) is 12.3 Å². The fourth-order valence-electron chi connectivity index (χ4n) is 5.04. The Kier molecular flexibility index (Phi) is 7.95. The number of terminal acetylenes is 1. The molecule has 1 aliphatic heterocycles. The Morgan fingerprint density at radius 1 is 1.31 bits per heavy atom. The molecule has 1 unspecified atom stereocenters. The Bertz CT molecular complexity index is 759. The SMILES string of the molecule is C#C/C=C(Cl)\C(=C/C)CCNCCC1(c2ccccn2)CCOC2(CCCC2)C1. The molecule has 0 amide bonds. The molecule has 0 radical (unpaired) electrons. The van der Waals surface area contributed by atoms with E-state index in [4.69, 9.17) is 27.7 Å². The number of hydrogen-bond donors (Lipinski definition) is 1. The van der Waals surface area contributed by atoms with Gasteiger partial charge in [0.05, 0.1) is 10.6 Å². The minimum absolute atomic E-state index is 0.0709. The van der Waals surface area contributed by atoms with Gasteiger partial charge < -0.3 is 10.1 Å². The summed E-state index contributed by atoms with van der Waals surface area (Å²) in [6, 6.07) is 6.33. The molecule has 1 saturated heterocycles. The molecule has 0 bridgehead atoms. The standard InChI is InChI=1S/C25H33ClN2O/c1-3-9-22(26)21(4-2)11-17-27-18-14-24(23-10-5-8-16-28-23)15-19-29-25(20-24)12-6-7-13-25/h1,4-5,8-10,16,27H,6-7,11-15,17-20H2,2H3/b21-4-,22-9+. The lowest BCUT2D eigenvalue weighted by Crippen LogP contribution is -2.47. The Morgan fingerprint density at radius 3 is 2.83 bits per heavy atom. The van der Waals surface area contributed by atoms with Crippen LogP contribution >= 0.6 is 11.6 Å². The summed E-state index contributed by atoms with van der Waals surface area (Å²) in [5, 5.41) is 4.28. The molecule has 2 aliphatic rings. The summed E-state index contributed by atoms with van der Waals surface area (Å²) < 4.78 is 6.33. The van der Waals surface area contributed by atoms with E-state index in [0.29, 0.717) is 5.03 Å². The first-order chi connectivity index (χ1) is 14.1. The lowest BCUT2D eigenvalue weighted by molar-refractivity contribution is -0.104. The van der Waals surface area contributed by atoms with E-state index in [0.717, 1.165) is 51.0 Å². The quantitative estimate of drug-likeness (QED) is 0.347. The lowest BCUT2D eigenvalue weighted by atomic mass is 9.68. The van der Waals surface area contributed by atoms with Crippen LogP contribution < -0.4 is 5.32 Å². The van der Waals surface area contributed by atoms with Crippen LogP contribution in [0.2, 0.25) is 0 Å². The zero-order chi connectivity index (χ0) is 20.6. The van der Waals surface area contributed by atoms with Gasteiger partial charge in [-0.2, -0.15) is 0 Å². The molecule has 1 atom stereocenters. The number of hydrogen-bond acceptors (Lipinski definition) is 3. The monoisotopic (exact) mass is 412 g/mol. The van der Waals surface area contributed by atoms with Crippen molar-refractivity contribution >= 4 is 11.6 Å². The topological polar surface area (TPSA) is 34.2 Å². The van der Waals surface area contributed by atoms with Crippen molar-refractivity contribution in [3.05, 3.63) is 52.8 Å². The maximum Gasteiger partial charge on any atom is 0.0691 e. The first kappa shape index (κ1) is 22.1. The molecule has 1 spiro atoms. The van der Waals surface area contributed by atoms with Crippen molar-refractivity contribution in [1.82, 2.24) is 10.3 Å². The molecule has 1 N–H and O–H groups in total. The van der Waals surface area contributed by atoms with Crippen LogP contribution in [0.5, 0.6) is 0 Å². The summed E-state index contributed by atoms with van der Waals surface area (Å²) in [6.45, 7) is 4.68. The Morgan fingerprint density at radius 2 is 2.14 bits per heavy atom. The summed E-state index contributed by atoms with van der Waals surface area (Å²) in [5.74, 6) is 2.50. The van der Waals surface area contributed by atoms with Crippen molar-refractivity contribution in [1.29, 1.82) is 0 Å². The predicted octanol–water partition coefficient (Wildman–Crippen LogP) is 5.51. The number of halogens is 1. The van der Waals surface area contributed by atoms with E-state index < -0.39 is 0 Å². The van der Waals surface area contributed by atoms with Crippen molar-refractivity contribution < 1.29 is 4.74 Å². The number of ether oxygens (including phenoxy) is 1. The van der Waals surface area contributed by atoms with Crippen LogP contribution in [0.3, 0.4) is 0 Å². The minimum Gasteiger partial charge on any atom is -0.375 e. The summed E-state index contributed by atoms with van der Waals surface area (Å²) in [5.41, 5.74) is 2.49. The molecule has 1 aromatic heterocycles. The number of pyridine rings is 1. The molecule has 1 saturated carbocycles. The van der Waals surface area contributed by atoms with Crippen LogP contribution in [-0.4, -0.2) is 30.3 Å². The van der Waals surface area contributed by atoms with Crippen LogP contribution in [0.15, 0.2) is 47.2 Å². The van der Waals surface area contributed by atoms with Gasteiger partial charge in [0.1, 0.15) is 0 Å². The summed E-state index contributed by atoms with van der Waals surface area (Å²) in [4.78, 5) is 4.78. The van der Waals surface area contributed by atoms with E-state index in [2.05, 4.69) is 23.4 Å². The summed E-state index contributed by atoms with van der Waals surface area (Å²) in [6.07, 6.45) is 20.0. The molecular formula is C25H33ClN2O. The molecule has 2 fully saturated rings. The summed E-state index contributed by atoms with van der Waals surface area (Å²) in [7, 11) is 0. The van der Waals surface area contributed by atoms with Gasteiger partial charge in [0.2, 0.25) is 0 Å². The molecule has 2 heterocycles. The van der Waals surface area contributed by atoms with E-state index in [9.17, 15) is 0 Å². The molecule has 0 aromatic carbocycles. The zero-order valence-electron chi connectivity index (χ0n) is 17.6. The first-order valence-electron chi connectivity index (χ1n) is 10.9. The van der Waals surface area contributed by atoms with Crippen molar-refractivity contribution in [2.75, 3.05) is 19.7 Å². The van der Waals surface area contributed by atoms with Gasteiger partial charge in [-0.1, -0.05) is 42.5 Å². The van der Waals surface area contributed by atoms with Crippen LogP contribution in [0.4, 0.5) is 0 Å². The molecule has 156 valence electrons. The number of nitrogens with zero attached hydrogens (tertiary/aromatic N) is 1. The highest BCUT2D eigenvalue weighted by Gasteiger charge is 2.48. The Labute approximate surface area is 181 Å². The third-order valence-electron chi connectivity index (χ3n) is 6.59. The Balaban J connectivity index is 1.62. The maximum atomic E-state index is 6.33. The molecule has 29 heavy (non-hydrogen) atoms. The van der Waals surface area contributed by atoms with Crippen LogP contribution in [0.25, 0.3) is 0 Å². The first-order valence-corrected chi connectivity index (χ1v) is 11.2. The van der Waals surface area contributed by atoms with Gasteiger partial charge in [-0.3, -0.25) is 4.98 Å². The highest BCUT2D eigenvalue weighted by atomic mass is 35.5. The molecule has 4 heteroatoms. The smallest absolute Gasteiger partial charge is 0.0691 e. The van der Waals surface area contributed by atoms with Gasteiger partial charge >= 0.3 is 0 Å². The van der Waals surface area contributed by atoms with Crippen molar-refractivity contribution in [2.45, 2.75) is 69.3 Å². The predicted molar refractivity (Wildman–Crippen MR) is 121 cm³/mol. The van der Waals surface area contributed by atoms with E-state index in [1.165, 1.54) is 31.4 Å². The van der Waals surface area contributed by atoms with Gasteiger partial charge in [-0.05, 0) is 76.2 Å². The van der Waals surface area contributed by atoms with Gasteiger partial charge in [-0.25, -0.2) is 0 Å². The third-order valence-corrected chi connectivity index (χ3v) is 6.94. The summed E-state index contributed by atoms with van der Waals surface area (Å²) >= 11 is 6.25. The van der Waals surface area contributed by atoms with Gasteiger partial charge in [0.15, 0.2) is 0 Å². The maximum absolute atomic E-state index is 6.33. The van der Waals surface area contributed by atoms with Crippen molar-refractivity contribution in [3.63, 3.8) is 0 Å². The largest absolute Gasteiger partial charge is 0.375 e. The Hall–Kier alpha value is -1.60. The number of aromatic nitrogens is 1. The fourth-order valence-corrected chi connectivity index (χ4v) is 5.31. The van der Waals surface area contributed by atoms with Gasteiger partial charge in [0, 0.05) is 30.0 Å².